The molecule has 5 nitrogen and oxygen atoms in total. The number of hydrogen-bond acceptors (Lipinski definition) is 4. The van der Waals surface area contributed by atoms with Crippen molar-refractivity contribution in [1.29, 1.82) is 0 Å². The van der Waals surface area contributed by atoms with Crippen LogP contribution in [0.25, 0.3) is 0 Å². The van der Waals surface area contributed by atoms with E-state index >= 15 is 0 Å². The summed E-state index contributed by atoms with van der Waals surface area (Å²) >= 11 is 5.74. The van der Waals surface area contributed by atoms with Crippen molar-refractivity contribution < 1.29 is 9.53 Å². The van der Waals surface area contributed by atoms with Gasteiger partial charge in [0.1, 0.15) is 16.6 Å². The minimum Gasteiger partial charge on any atom is -0.492 e. The summed E-state index contributed by atoms with van der Waals surface area (Å²) in [4.78, 5) is 19.8. The third-order valence-electron chi connectivity index (χ3n) is 2.32. The van der Waals surface area contributed by atoms with Crippen LogP contribution >= 0.6 is 11.6 Å². The van der Waals surface area contributed by atoms with Crippen LogP contribution in [0.3, 0.4) is 0 Å². The highest BCUT2D eigenvalue weighted by Gasteiger charge is 2.10. The first-order chi connectivity index (χ1) is 9.20. The highest BCUT2D eigenvalue weighted by molar-refractivity contribution is 6.29. The smallest absolute Gasteiger partial charge is 0.255 e. The van der Waals surface area contributed by atoms with E-state index in [4.69, 9.17) is 16.3 Å². The normalized spacial score (nSPS) is 10.0. The third kappa shape index (κ3) is 3.42. The van der Waals surface area contributed by atoms with Gasteiger partial charge in [-0.25, -0.2) is 4.98 Å². The molecule has 0 radical (unpaired) electrons. The second-order valence-electron chi connectivity index (χ2n) is 3.63. The molecule has 0 atom stereocenters. The molecule has 98 valence electrons. The van der Waals surface area contributed by atoms with Gasteiger partial charge in [0, 0.05) is 24.0 Å². The molecule has 19 heavy (non-hydrogen) atoms. The van der Waals surface area contributed by atoms with Crippen LogP contribution in [0.4, 0.5) is 5.69 Å². The van der Waals surface area contributed by atoms with Crippen molar-refractivity contribution in [2.75, 3.05) is 11.9 Å². The molecule has 2 aromatic heterocycles. The summed E-state index contributed by atoms with van der Waals surface area (Å²) in [5.74, 6) is 0.282. The fourth-order valence-electron chi connectivity index (χ4n) is 1.50. The van der Waals surface area contributed by atoms with Crippen molar-refractivity contribution in [3.05, 3.63) is 47.5 Å². The molecule has 0 aromatic carbocycles. The average molecular weight is 278 g/mol. The first-order valence-electron chi connectivity index (χ1n) is 5.70. The van der Waals surface area contributed by atoms with Gasteiger partial charge in [0.15, 0.2) is 0 Å². The predicted molar refractivity (Wildman–Crippen MR) is 72.6 cm³/mol. The van der Waals surface area contributed by atoms with E-state index in [1.807, 2.05) is 6.92 Å². The molecule has 0 fully saturated rings. The number of pyridine rings is 2. The van der Waals surface area contributed by atoms with Gasteiger partial charge in [-0.2, -0.15) is 0 Å². The SMILES string of the molecule is CCOc1ccncc1NC(=O)c1ccnc(Cl)c1. The molecule has 2 rings (SSSR count). The maximum absolute atomic E-state index is 12.0. The van der Waals surface area contributed by atoms with E-state index in [1.54, 1.807) is 18.3 Å². The van der Waals surface area contributed by atoms with Crippen LogP contribution in [0.2, 0.25) is 5.15 Å². The maximum Gasteiger partial charge on any atom is 0.255 e. The minimum atomic E-state index is -0.293. The maximum atomic E-state index is 12.0. The van der Waals surface area contributed by atoms with Gasteiger partial charge in [0.2, 0.25) is 0 Å². The highest BCUT2D eigenvalue weighted by atomic mass is 35.5. The summed E-state index contributed by atoms with van der Waals surface area (Å²) in [6.45, 7) is 2.38. The van der Waals surface area contributed by atoms with Crippen molar-refractivity contribution in [2.45, 2.75) is 6.92 Å². The molecule has 0 saturated heterocycles. The van der Waals surface area contributed by atoms with Gasteiger partial charge in [-0.05, 0) is 19.1 Å². The van der Waals surface area contributed by atoms with E-state index in [-0.39, 0.29) is 11.1 Å². The van der Waals surface area contributed by atoms with Crippen molar-refractivity contribution in [2.24, 2.45) is 0 Å². The Morgan fingerprint density at radius 2 is 2.26 bits per heavy atom. The monoisotopic (exact) mass is 277 g/mol. The zero-order valence-electron chi connectivity index (χ0n) is 10.3. The first kappa shape index (κ1) is 13.3. The van der Waals surface area contributed by atoms with Crippen molar-refractivity contribution >= 4 is 23.2 Å². The molecule has 1 amide bonds. The molecule has 0 aliphatic carbocycles. The lowest BCUT2D eigenvalue weighted by molar-refractivity contribution is 0.102. The Morgan fingerprint density at radius 3 is 3.00 bits per heavy atom. The number of nitrogens with zero attached hydrogens (tertiary/aromatic N) is 2. The summed E-state index contributed by atoms with van der Waals surface area (Å²) in [6.07, 6.45) is 4.61. The molecule has 1 N–H and O–H groups in total. The number of carbonyl (C=O) groups excluding carboxylic acids is 1. The van der Waals surface area contributed by atoms with Gasteiger partial charge in [-0.15, -0.1) is 0 Å². The van der Waals surface area contributed by atoms with Gasteiger partial charge < -0.3 is 10.1 Å². The van der Waals surface area contributed by atoms with Gasteiger partial charge in [-0.3, -0.25) is 9.78 Å². The fourth-order valence-corrected chi connectivity index (χ4v) is 1.67. The van der Waals surface area contributed by atoms with E-state index in [9.17, 15) is 4.79 Å². The standard InChI is InChI=1S/C13H12ClN3O2/c1-2-19-11-4-5-15-8-10(11)17-13(18)9-3-6-16-12(14)7-9/h3-8H,2H2,1H3,(H,17,18). The molecule has 0 bridgehead atoms. The number of amides is 1. The van der Waals surface area contributed by atoms with E-state index < -0.39 is 0 Å². The van der Waals surface area contributed by atoms with Crippen molar-refractivity contribution in [3.63, 3.8) is 0 Å². The number of anilines is 1. The number of halogens is 1. The highest BCUT2D eigenvalue weighted by Crippen LogP contribution is 2.23. The molecular formula is C13H12ClN3O2. The van der Waals surface area contributed by atoms with Crippen LogP contribution in [-0.4, -0.2) is 22.5 Å². The lowest BCUT2D eigenvalue weighted by atomic mass is 10.2. The lowest BCUT2D eigenvalue weighted by Gasteiger charge is -2.10. The summed E-state index contributed by atoms with van der Waals surface area (Å²) in [7, 11) is 0. The van der Waals surface area contributed by atoms with E-state index in [0.29, 0.717) is 23.6 Å². The molecule has 0 unspecified atom stereocenters. The quantitative estimate of drug-likeness (QED) is 0.873. The second kappa shape index (κ2) is 6.15. The van der Waals surface area contributed by atoms with Crippen molar-refractivity contribution in [1.82, 2.24) is 9.97 Å². The Morgan fingerprint density at radius 1 is 1.42 bits per heavy atom. The van der Waals surface area contributed by atoms with Crippen LogP contribution in [0.5, 0.6) is 5.75 Å². The summed E-state index contributed by atoms with van der Waals surface area (Å²) in [5.41, 5.74) is 0.939. The van der Waals surface area contributed by atoms with Crippen LogP contribution in [-0.2, 0) is 0 Å². The number of nitrogens with one attached hydrogen (secondary N) is 1. The lowest BCUT2D eigenvalue weighted by Crippen LogP contribution is -2.13. The molecule has 0 saturated carbocycles. The third-order valence-corrected chi connectivity index (χ3v) is 2.52. The molecule has 6 heteroatoms. The number of ether oxygens (including phenoxy) is 1. The predicted octanol–water partition coefficient (Wildman–Crippen LogP) is 2.78. The van der Waals surface area contributed by atoms with Crippen LogP contribution < -0.4 is 10.1 Å². The van der Waals surface area contributed by atoms with Gasteiger partial charge in [0.25, 0.3) is 5.91 Å². The molecule has 0 aliphatic heterocycles. The number of aromatic nitrogens is 2. The van der Waals surface area contributed by atoms with Crippen LogP contribution in [0.1, 0.15) is 17.3 Å². The second-order valence-corrected chi connectivity index (χ2v) is 4.01. The average Bonchev–Trinajstić information content (AvgIpc) is 2.41. The topological polar surface area (TPSA) is 64.1 Å². The van der Waals surface area contributed by atoms with E-state index in [1.165, 1.54) is 18.5 Å². The Balaban J connectivity index is 2.19. The summed E-state index contributed by atoms with van der Waals surface area (Å²) < 4.78 is 5.40. The van der Waals surface area contributed by atoms with Gasteiger partial charge in [0.05, 0.1) is 12.8 Å². The summed E-state index contributed by atoms with van der Waals surface area (Å²) in [6, 6.07) is 4.77. The zero-order chi connectivity index (χ0) is 13.7. The number of hydrogen-bond donors (Lipinski definition) is 1. The van der Waals surface area contributed by atoms with Crippen molar-refractivity contribution in [3.8, 4) is 5.75 Å². The zero-order valence-corrected chi connectivity index (χ0v) is 11.0. The van der Waals surface area contributed by atoms with Gasteiger partial charge in [-0.1, -0.05) is 11.6 Å². The Labute approximate surface area is 115 Å². The van der Waals surface area contributed by atoms with Crippen LogP contribution in [0, 0.1) is 0 Å². The number of carbonyl (C=O) groups is 1. The molecular weight excluding hydrogens is 266 g/mol. The number of rotatable bonds is 4. The Bertz CT molecular complexity index is 590. The summed E-state index contributed by atoms with van der Waals surface area (Å²) in [5, 5.41) is 2.99. The first-order valence-corrected chi connectivity index (χ1v) is 6.08. The largest absolute Gasteiger partial charge is 0.492 e. The minimum absolute atomic E-state index is 0.267. The van der Waals surface area contributed by atoms with Gasteiger partial charge >= 0.3 is 0 Å². The Hall–Kier alpha value is -2.14. The molecule has 2 heterocycles. The van der Waals surface area contributed by atoms with E-state index in [2.05, 4.69) is 15.3 Å². The molecule has 0 aliphatic rings. The van der Waals surface area contributed by atoms with Crippen LogP contribution in [0.15, 0.2) is 36.8 Å². The molecule has 0 spiro atoms. The van der Waals surface area contributed by atoms with E-state index in [0.717, 1.165) is 0 Å². The Kier molecular flexibility index (Phi) is 4.30. The fraction of sp³-hybridized carbons (Fsp3) is 0.154. The molecule has 2 aromatic rings.